The molecule has 0 unspecified atom stereocenters. The van der Waals surface area contributed by atoms with Gasteiger partial charge in [0.1, 0.15) is 10.8 Å². The third-order valence-electron chi connectivity index (χ3n) is 3.50. The molecule has 0 saturated carbocycles. The van der Waals surface area contributed by atoms with Crippen LogP contribution in [0.3, 0.4) is 0 Å². The first-order valence-electron chi connectivity index (χ1n) is 7.46. The summed E-state index contributed by atoms with van der Waals surface area (Å²) in [5, 5.41) is 5.78. The van der Waals surface area contributed by atoms with Crippen LogP contribution in [0.25, 0.3) is 11.4 Å². The van der Waals surface area contributed by atoms with Crippen LogP contribution in [0, 0.1) is 0 Å². The molecule has 5 nitrogen and oxygen atoms in total. The van der Waals surface area contributed by atoms with E-state index in [0.717, 1.165) is 34.2 Å². The lowest BCUT2D eigenvalue weighted by Crippen LogP contribution is -2.14. The third-order valence-corrected chi connectivity index (χ3v) is 4.40. The number of aryl methyl sites for hydroxylation is 2. The van der Waals surface area contributed by atoms with E-state index in [4.69, 9.17) is 0 Å². The van der Waals surface area contributed by atoms with Crippen molar-refractivity contribution >= 4 is 22.9 Å². The Bertz CT molecular complexity index is 821. The fraction of sp³-hybridized carbons (Fsp3) is 0.235. The van der Waals surface area contributed by atoms with Gasteiger partial charge >= 0.3 is 0 Å². The molecular formula is C17H18N4OS. The summed E-state index contributed by atoms with van der Waals surface area (Å²) in [5.41, 5.74) is 2.77. The van der Waals surface area contributed by atoms with E-state index in [1.165, 1.54) is 11.3 Å². The van der Waals surface area contributed by atoms with Crippen LogP contribution >= 0.6 is 11.3 Å². The van der Waals surface area contributed by atoms with Crippen molar-refractivity contribution < 1.29 is 4.79 Å². The summed E-state index contributed by atoms with van der Waals surface area (Å²) < 4.78 is 1.95. The largest absolute Gasteiger partial charge is 0.334 e. The minimum Gasteiger partial charge on any atom is -0.334 e. The summed E-state index contributed by atoms with van der Waals surface area (Å²) in [7, 11) is 1.95. The molecule has 0 aliphatic carbocycles. The predicted molar refractivity (Wildman–Crippen MR) is 92.5 cm³/mol. The highest BCUT2D eigenvalue weighted by atomic mass is 32.1. The van der Waals surface area contributed by atoms with E-state index in [-0.39, 0.29) is 5.91 Å². The number of imidazole rings is 1. The molecule has 0 aliphatic rings. The summed E-state index contributed by atoms with van der Waals surface area (Å²) in [6, 6.07) is 7.70. The Balaban J connectivity index is 1.70. The van der Waals surface area contributed by atoms with Gasteiger partial charge in [-0.3, -0.25) is 4.79 Å². The molecule has 0 bridgehead atoms. The molecule has 1 amide bonds. The molecule has 1 N–H and O–H groups in total. The van der Waals surface area contributed by atoms with Gasteiger partial charge in [-0.1, -0.05) is 19.1 Å². The van der Waals surface area contributed by atoms with Gasteiger partial charge < -0.3 is 9.88 Å². The van der Waals surface area contributed by atoms with Gasteiger partial charge in [0.15, 0.2) is 0 Å². The Labute approximate surface area is 139 Å². The number of carbonyl (C=O) groups excluding carboxylic acids is 1. The first-order valence-corrected chi connectivity index (χ1v) is 8.34. The van der Waals surface area contributed by atoms with Crippen molar-refractivity contribution in [2.45, 2.75) is 19.8 Å². The highest BCUT2D eigenvalue weighted by molar-refractivity contribution is 7.09. The Kier molecular flexibility index (Phi) is 4.52. The molecule has 2 heterocycles. The predicted octanol–water partition coefficient (Wildman–Crippen LogP) is 3.29. The van der Waals surface area contributed by atoms with Gasteiger partial charge in [0.2, 0.25) is 5.91 Å². The van der Waals surface area contributed by atoms with E-state index in [9.17, 15) is 4.79 Å². The molecule has 0 spiro atoms. The molecule has 0 fully saturated rings. The zero-order valence-corrected chi connectivity index (χ0v) is 13.9. The topological polar surface area (TPSA) is 59.8 Å². The molecule has 0 aliphatic heterocycles. The molecule has 0 radical (unpaired) electrons. The zero-order chi connectivity index (χ0) is 16.2. The van der Waals surface area contributed by atoms with Gasteiger partial charge in [-0.2, -0.15) is 0 Å². The van der Waals surface area contributed by atoms with Crippen molar-refractivity contribution in [3.05, 3.63) is 52.7 Å². The van der Waals surface area contributed by atoms with Crippen molar-refractivity contribution in [3.63, 3.8) is 0 Å². The summed E-state index contributed by atoms with van der Waals surface area (Å²) in [5.74, 6) is 0.813. The second-order valence-corrected chi connectivity index (χ2v) is 6.20. The Morgan fingerprint density at radius 1 is 1.39 bits per heavy atom. The molecule has 1 aromatic carbocycles. The quantitative estimate of drug-likeness (QED) is 0.782. The number of rotatable bonds is 5. The molecule has 3 aromatic rings. The van der Waals surface area contributed by atoms with Crippen LogP contribution in [-0.4, -0.2) is 20.4 Å². The number of aromatic nitrogens is 3. The molecular weight excluding hydrogens is 308 g/mol. The average molecular weight is 326 g/mol. The number of hydrogen-bond donors (Lipinski definition) is 1. The highest BCUT2D eigenvalue weighted by Crippen LogP contribution is 2.21. The van der Waals surface area contributed by atoms with Gasteiger partial charge in [-0.15, -0.1) is 11.3 Å². The third kappa shape index (κ3) is 3.65. The number of benzene rings is 1. The first-order chi connectivity index (χ1) is 11.2. The van der Waals surface area contributed by atoms with Crippen molar-refractivity contribution in [3.8, 4) is 11.4 Å². The smallest absolute Gasteiger partial charge is 0.231 e. The van der Waals surface area contributed by atoms with Gasteiger partial charge in [-0.25, -0.2) is 9.97 Å². The van der Waals surface area contributed by atoms with Crippen LogP contribution in [-0.2, 0) is 24.7 Å². The summed E-state index contributed by atoms with van der Waals surface area (Å²) >= 11 is 1.53. The highest BCUT2D eigenvalue weighted by Gasteiger charge is 2.09. The zero-order valence-electron chi connectivity index (χ0n) is 13.1. The number of anilines is 1. The molecule has 0 atom stereocenters. The maximum atomic E-state index is 12.2. The van der Waals surface area contributed by atoms with Crippen molar-refractivity contribution in [1.82, 2.24) is 14.5 Å². The van der Waals surface area contributed by atoms with Crippen LogP contribution in [0.4, 0.5) is 5.69 Å². The maximum Gasteiger partial charge on any atom is 0.231 e. The lowest BCUT2D eigenvalue weighted by Gasteiger charge is -2.07. The monoisotopic (exact) mass is 326 g/mol. The van der Waals surface area contributed by atoms with E-state index < -0.39 is 0 Å². The van der Waals surface area contributed by atoms with E-state index >= 15 is 0 Å². The molecule has 118 valence electrons. The minimum atomic E-state index is -0.0565. The van der Waals surface area contributed by atoms with Crippen molar-refractivity contribution in [2.24, 2.45) is 7.05 Å². The van der Waals surface area contributed by atoms with Crippen LogP contribution in [0.1, 0.15) is 17.6 Å². The number of amides is 1. The van der Waals surface area contributed by atoms with Gasteiger partial charge in [-0.05, 0) is 18.6 Å². The molecule has 6 heteroatoms. The molecule has 0 saturated heterocycles. The molecule has 2 aromatic heterocycles. The fourth-order valence-electron chi connectivity index (χ4n) is 2.31. The Morgan fingerprint density at radius 3 is 2.96 bits per heavy atom. The summed E-state index contributed by atoms with van der Waals surface area (Å²) in [6.45, 7) is 2.06. The first kappa shape index (κ1) is 15.4. The maximum absolute atomic E-state index is 12.2. The average Bonchev–Trinajstić information content (AvgIpc) is 3.16. The number of carbonyl (C=O) groups is 1. The number of nitrogens with zero attached hydrogens (tertiary/aromatic N) is 3. The van der Waals surface area contributed by atoms with Gasteiger partial charge in [0, 0.05) is 36.1 Å². The second-order valence-electron chi connectivity index (χ2n) is 5.25. The summed E-state index contributed by atoms with van der Waals surface area (Å²) in [4.78, 5) is 20.9. The minimum absolute atomic E-state index is 0.0565. The van der Waals surface area contributed by atoms with Crippen LogP contribution < -0.4 is 5.32 Å². The van der Waals surface area contributed by atoms with Crippen LogP contribution in [0.5, 0.6) is 0 Å². The number of hydrogen-bond acceptors (Lipinski definition) is 4. The standard InChI is InChI=1S/C17H18N4OS/c1-3-13-11-23-16(20-13)10-15(22)19-14-6-4-5-12(9-14)17-18-7-8-21(17)2/h4-9,11H,3,10H2,1-2H3,(H,19,22). The Morgan fingerprint density at radius 2 is 2.26 bits per heavy atom. The SMILES string of the molecule is CCc1csc(CC(=O)Nc2cccc(-c3nccn3C)c2)n1. The fourth-order valence-corrected chi connectivity index (χ4v) is 3.19. The molecule has 23 heavy (non-hydrogen) atoms. The van der Waals surface area contributed by atoms with Crippen molar-refractivity contribution in [1.29, 1.82) is 0 Å². The van der Waals surface area contributed by atoms with E-state index in [0.29, 0.717) is 6.42 Å². The normalized spacial score (nSPS) is 10.7. The van der Waals surface area contributed by atoms with Crippen molar-refractivity contribution in [2.75, 3.05) is 5.32 Å². The van der Waals surface area contributed by atoms with E-state index in [1.807, 2.05) is 47.5 Å². The number of nitrogens with one attached hydrogen (secondary N) is 1. The van der Waals surface area contributed by atoms with E-state index in [2.05, 4.69) is 22.2 Å². The summed E-state index contributed by atoms with van der Waals surface area (Å²) in [6.07, 6.45) is 4.85. The number of thiazole rings is 1. The van der Waals surface area contributed by atoms with Gasteiger partial charge in [0.05, 0.1) is 12.1 Å². The second kappa shape index (κ2) is 6.75. The molecule has 3 rings (SSSR count). The lowest BCUT2D eigenvalue weighted by atomic mass is 10.2. The van der Waals surface area contributed by atoms with E-state index in [1.54, 1.807) is 6.20 Å². The van der Waals surface area contributed by atoms with Crippen LogP contribution in [0.15, 0.2) is 42.0 Å². The van der Waals surface area contributed by atoms with Crippen LogP contribution in [0.2, 0.25) is 0 Å². The van der Waals surface area contributed by atoms with Gasteiger partial charge in [0.25, 0.3) is 0 Å². The Hall–Kier alpha value is -2.47. The lowest BCUT2D eigenvalue weighted by molar-refractivity contribution is -0.115.